The molecule has 1 aliphatic heterocycles. The smallest absolute Gasteiger partial charge is 0.368 e. The third kappa shape index (κ3) is 3.69. The Bertz CT molecular complexity index is 1080. The number of H-pyrrole nitrogens is 1. The lowest BCUT2D eigenvalue weighted by Crippen LogP contribution is -2.53. The number of Topliss-reactive ketones (excluding diaryl/α,β-unsaturated/α-hetero) is 1. The third-order valence-electron chi connectivity index (χ3n) is 5.07. The van der Waals surface area contributed by atoms with Gasteiger partial charge in [-0.15, -0.1) is 0 Å². The molecule has 0 radical (unpaired) electrons. The van der Waals surface area contributed by atoms with Crippen molar-refractivity contribution in [1.29, 1.82) is 0 Å². The number of anilines is 1. The van der Waals surface area contributed by atoms with Gasteiger partial charge >= 0.3 is 17.2 Å². The van der Waals surface area contributed by atoms with E-state index in [-0.39, 0.29) is 17.4 Å². The lowest BCUT2D eigenvalue weighted by atomic mass is 10.1. The van der Waals surface area contributed by atoms with Crippen LogP contribution >= 0.6 is 0 Å². The molecule has 8 heteroatoms. The maximum Gasteiger partial charge on any atom is 0.441 e. The Morgan fingerprint density at radius 3 is 2.24 bits per heavy atom. The molecule has 1 fully saturated rings. The van der Waals surface area contributed by atoms with Crippen molar-refractivity contribution >= 4 is 17.4 Å². The minimum Gasteiger partial charge on any atom is -0.368 e. The summed E-state index contributed by atoms with van der Waals surface area (Å²) in [5.41, 5.74) is 1.58. The first-order chi connectivity index (χ1) is 14.0. The van der Waals surface area contributed by atoms with E-state index in [0.29, 0.717) is 37.4 Å². The summed E-state index contributed by atoms with van der Waals surface area (Å²) in [6.07, 6.45) is 0. The lowest BCUT2D eigenvalue weighted by Gasteiger charge is -2.35. The molecule has 0 aliphatic carbocycles. The molecular weight excluding hydrogens is 372 g/mol. The molecule has 1 aliphatic rings. The van der Waals surface area contributed by atoms with Crippen LogP contribution in [0.4, 0.5) is 5.69 Å². The number of nitrogens with one attached hydrogen (secondary N) is 1. The van der Waals surface area contributed by atoms with Crippen LogP contribution in [-0.4, -0.2) is 48.0 Å². The Hall–Kier alpha value is -3.68. The summed E-state index contributed by atoms with van der Waals surface area (Å²) < 4.78 is 6.25. The normalized spacial score (nSPS) is 14.1. The zero-order valence-corrected chi connectivity index (χ0v) is 16.0. The van der Waals surface area contributed by atoms with Crippen LogP contribution in [0, 0.1) is 0 Å². The number of piperazine rings is 1. The highest BCUT2D eigenvalue weighted by atomic mass is 16.5. The Kier molecular flexibility index (Phi) is 4.99. The van der Waals surface area contributed by atoms with Crippen molar-refractivity contribution in [3.8, 4) is 5.69 Å². The van der Waals surface area contributed by atoms with E-state index >= 15 is 0 Å². The van der Waals surface area contributed by atoms with E-state index in [2.05, 4.69) is 10.2 Å². The van der Waals surface area contributed by atoms with Crippen molar-refractivity contribution in [2.24, 2.45) is 0 Å². The van der Waals surface area contributed by atoms with E-state index in [1.165, 1.54) is 4.68 Å². The molecule has 0 spiro atoms. The SMILES string of the molecule is CC(=O)c1ccc(N2CCN(C(=O)c3c(=O)o[nH][n+]3-c3ccccc3)CC2)cc1. The van der Waals surface area contributed by atoms with Crippen LogP contribution in [-0.2, 0) is 0 Å². The van der Waals surface area contributed by atoms with Crippen LogP contribution < -0.4 is 15.2 Å². The van der Waals surface area contributed by atoms with E-state index in [0.717, 1.165) is 5.69 Å². The molecule has 0 atom stereocenters. The van der Waals surface area contributed by atoms with Crippen molar-refractivity contribution in [2.45, 2.75) is 6.92 Å². The van der Waals surface area contributed by atoms with Gasteiger partial charge in [0.25, 0.3) is 0 Å². The molecule has 0 unspecified atom stereocenters. The molecule has 2 aromatic carbocycles. The first-order valence-electron chi connectivity index (χ1n) is 9.39. The molecule has 4 rings (SSSR count). The van der Waals surface area contributed by atoms with Gasteiger partial charge in [0.1, 0.15) is 0 Å². The minimum atomic E-state index is -0.693. The Balaban J connectivity index is 1.48. The zero-order chi connectivity index (χ0) is 20.4. The third-order valence-corrected chi connectivity index (χ3v) is 5.07. The number of carbonyl (C=O) groups excluding carboxylic acids is 2. The summed E-state index contributed by atoms with van der Waals surface area (Å²) >= 11 is 0. The molecule has 3 aromatic rings. The van der Waals surface area contributed by atoms with Crippen molar-refractivity contribution in [2.75, 3.05) is 31.1 Å². The summed E-state index contributed by atoms with van der Waals surface area (Å²) in [5.74, 6) is -0.334. The molecule has 0 saturated carbocycles. The van der Waals surface area contributed by atoms with Gasteiger partial charge < -0.3 is 9.80 Å². The van der Waals surface area contributed by atoms with Gasteiger partial charge in [0, 0.05) is 49.6 Å². The van der Waals surface area contributed by atoms with Crippen molar-refractivity contribution in [3.05, 3.63) is 76.3 Å². The fourth-order valence-electron chi connectivity index (χ4n) is 3.44. The largest absolute Gasteiger partial charge is 0.441 e. The number of ketones is 1. The molecular formula is C21H21N4O4+. The highest BCUT2D eigenvalue weighted by molar-refractivity contribution is 5.94. The average Bonchev–Trinajstić information content (AvgIpc) is 3.15. The molecule has 1 saturated heterocycles. The molecule has 1 aromatic heterocycles. The first kappa shape index (κ1) is 18.7. The second-order valence-electron chi connectivity index (χ2n) is 6.88. The molecule has 1 amide bonds. The van der Waals surface area contributed by atoms with Gasteiger partial charge in [-0.25, -0.2) is 4.79 Å². The fourth-order valence-corrected chi connectivity index (χ4v) is 3.44. The standard InChI is InChI=1S/C21H20N4O4/c1-15(26)16-7-9-17(10-8-16)23-11-13-24(14-12-23)20(27)19-21(28)29-22-25(19)18-5-3-2-4-6-18/h2-10H,11-14H2,1H3/p+1. The predicted molar refractivity (Wildman–Crippen MR) is 105 cm³/mol. The lowest BCUT2D eigenvalue weighted by molar-refractivity contribution is -0.672. The summed E-state index contributed by atoms with van der Waals surface area (Å²) in [7, 11) is 0. The molecule has 8 nitrogen and oxygen atoms in total. The Morgan fingerprint density at radius 1 is 0.966 bits per heavy atom. The zero-order valence-electron chi connectivity index (χ0n) is 16.0. The van der Waals surface area contributed by atoms with E-state index in [1.807, 2.05) is 42.5 Å². The number of aromatic amines is 1. The number of nitrogens with zero attached hydrogens (tertiary/aromatic N) is 3. The number of benzene rings is 2. The Labute approximate surface area is 166 Å². The van der Waals surface area contributed by atoms with Crippen LogP contribution in [0.15, 0.2) is 63.9 Å². The fraction of sp³-hybridized carbons (Fsp3) is 0.238. The van der Waals surface area contributed by atoms with E-state index < -0.39 is 5.63 Å². The number of carbonyl (C=O) groups is 2. The number of aromatic nitrogens is 2. The Morgan fingerprint density at radius 2 is 1.62 bits per heavy atom. The van der Waals surface area contributed by atoms with Gasteiger partial charge in [0.05, 0.1) is 0 Å². The van der Waals surface area contributed by atoms with E-state index in [9.17, 15) is 14.4 Å². The molecule has 1 N–H and O–H groups in total. The van der Waals surface area contributed by atoms with E-state index in [4.69, 9.17) is 4.52 Å². The van der Waals surface area contributed by atoms with Gasteiger partial charge in [-0.3, -0.25) is 14.1 Å². The summed E-state index contributed by atoms with van der Waals surface area (Å²) in [6, 6.07) is 16.5. The number of amides is 1. The molecule has 148 valence electrons. The highest BCUT2D eigenvalue weighted by Crippen LogP contribution is 2.18. The summed E-state index contributed by atoms with van der Waals surface area (Å²) in [4.78, 5) is 40.4. The van der Waals surface area contributed by atoms with Crippen molar-refractivity contribution in [3.63, 3.8) is 0 Å². The molecule has 2 heterocycles. The monoisotopic (exact) mass is 393 g/mol. The van der Waals surface area contributed by atoms with Gasteiger partial charge in [0.2, 0.25) is 5.69 Å². The number of para-hydroxylation sites is 1. The van der Waals surface area contributed by atoms with Crippen molar-refractivity contribution in [1.82, 2.24) is 10.2 Å². The minimum absolute atomic E-state index is 0.0315. The topological polar surface area (TPSA) is 90.5 Å². The van der Waals surface area contributed by atoms with Gasteiger partial charge in [-0.1, -0.05) is 18.2 Å². The van der Waals surface area contributed by atoms with Crippen LogP contribution in [0.25, 0.3) is 5.69 Å². The van der Waals surface area contributed by atoms with Crippen LogP contribution in [0.5, 0.6) is 0 Å². The number of hydrogen-bond donors (Lipinski definition) is 1. The van der Waals surface area contributed by atoms with Gasteiger partial charge in [0.15, 0.2) is 5.78 Å². The second kappa shape index (κ2) is 7.75. The quantitative estimate of drug-likeness (QED) is 0.535. The second-order valence-corrected chi connectivity index (χ2v) is 6.88. The number of hydrogen-bond acceptors (Lipinski definition) is 5. The maximum absolute atomic E-state index is 13.0. The van der Waals surface area contributed by atoms with Crippen molar-refractivity contribution < 1.29 is 18.8 Å². The molecule has 29 heavy (non-hydrogen) atoms. The number of rotatable bonds is 4. The van der Waals surface area contributed by atoms with Gasteiger partial charge in [-0.05, 0) is 41.1 Å². The van der Waals surface area contributed by atoms with Crippen LogP contribution in [0.2, 0.25) is 0 Å². The van der Waals surface area contributed by atoms with Crippen LogP contribution in [0.3, 0.4) is 0 Å². The maximum atomic E-state index is 13.0. The molecule has 0 bridgehead atoms. The highest BCUT2D eigenvalue weighted by Gasteiger charge is 2.35. The summed E-state index contributed by atoms with van der Waals surface area (Å²) in [5, 5.41) is 2.50. The summed E-state index contributed by atoms with van der Waals surface area (Å²) in [6.45, 7) is 3.76. The van der Waals surface area contributed by atoms with E-state index in [1.54, 1.807) is 24.0 Å². The first-order valence-corrected chi connectivity index (χ1v) is 9.39. The predicted octanol–water partition coefficient (Wildman–Crippen LogP) is 1.41. The average molecular weight is 393 g/mol. The van der Waals surface area contributed by atoms with Gasteiger partial charge in [-0.2, -0.15) is 0 Å². The van der Waals surface area contributed by atoms with Crippen LogP contribution in [0.1, 0.15) is 27.8 Å².